The Morgan fingerprint density at radius 1 is 1.23 bits per heavy atom. The predicted molar refractivity (Wildman–Crippen MR) is 46.5 cm³/mol. The van der Waals surface area contributed by atoms with E-state index in [1.165, 1.54) is 6.21 Å². The highest BCUT2D eigenvalue weighted by Crippen LogP contribution is 1.92. The van der Waals surface area contributed by atoms with Crippen molar-refractivity contribution in [3.8, 4) is 0 Å². The van der Waals surface area contributed by atoms with Gasteiger partial charge in [-0.2, -0.15) is 0 Å². The van der Waals surface area contributed by atoms with Crippen LogP contribution in [0.25, 0.3) is 0 Å². The minimum Gasteiger partial charge on any atom is -0.450 e. The van der Waals surface area contributed by atoms with Crippen molar-refractivity contribution in [3.63, 3.8) is 0 Å². The van der Waals surface area contributed by atoms with Gasteiger partial charge in [0.25, 0.3) is 0 Å². The zero-order valence-corrected chi connectivity index (χ0v) is 6.66. The Balaban J connectivity index is 0.000000310. The van der Waals surface area contributed by atoms with Crippen LogP contribution in [0.4, 0.5) is 4.79 Å². The second kappa shape index (κ2) is 6.66. The summed E-state index contributed by atoms with van der Waals surface area (Å²) in [6.07, 6.45) is -0.444. The highest BCUT2D eigenvalue weighted by molar-refractivity contribution is 5.78. The van der Waals surface area contributed by atoms with Gasteiger partial charge in [0.05, 0.1) is 6.21 Å². The zero-order chi connectivity index (χ0) is 10.1. The molecule has 0 unspecified atom stereocenters. The van der Waals surface area contributed by atoms with Crippen LogP contribution in [0, 0.1) is 0 Å². The SMILES string of the molecule is O/N=C\c1ccccc1.O=C(O)O. The number of carbonyl (C=O) groups is 1. The van der Waals surface area contributed by atoms with Gasteiger partial charge in [-0.25, -0.2) is 4.79 Å². The van der Waals surface area contributed by atoms with Gasteiger partial charge in [-0.05, 0) is 5.56 Å². The third kappa shape index (κ3) is 7.86. The third-order valence-electron chi connectivity index (χ3n) is 1.01. The Kier molecular flexibility index (Phi) is 5.61. The summed E-state index contributed by atoms with van der Waals surface area (Å²) < 4.78 is 0. The summed E-state index contributed by atoms with van der Waals surface area (Å²) in [7, 11) is 0. The van der Waals surface area contributed by atoms with Gasteiger partial charge >= 0.3 is 6.16 Å². The molecule has 1 aromatic carbocycles. The lowest BCUT2D eigenvalue weighted by Gasteiger charge is -1.85. The molecule has 5 nitrogen and oxygen atoms in total. The second-order valence-electron chi connectivity index (χ2n) is 1.94. The van der Waals surface area contributed by atoms with E-state index in [0.29, 0.717) is 0 Å². The van der Waals surface area contributed by atoms with Crippen LogP contribution in [0.2, 0.25) is 0 Å². The number of carboxylic acid groups (broad SMARTS) is 2. The Morgan fingerprint density at radius 2 is 1.69 bits per heavy atom. The molecule has 0 bridgehead atoms. The molecule has 3 N–H and O–H groups in total. The Morgan fingerprint density at radius 3 is 2.08 bits per heavy atom. The number of hydrogen-bond donors (Lipinski definition) is 3. The normalized spacial score (nSPS) is 8.92. The summed E-state index contributed by atoms with van der Waals surface area (Å²) >= 11 is 0. The monoisotopic (exact) mass is 183 g/mol. The van der Waals surface area contributed by atoms with Crippen molar-refractivity contribution in [2.24, 2.45) is 5.16 Å². The van der Waals surface area contributed by atoms with Gasteiger partial charge in [-0.15, -0.1) is 0 Å². The number of rotatable bonds is 1. The molecule has 0 spiro atoms. The molecule has 0 saturated carbocycles. The summed E-state index contributed by atoms with van der Waals surface area (Å²) in [6.45, 7) is 0. The van der Waals surface area contributed by atoms with Crippen molar-refractivity contribution in [3.05, 3.63) is 35.9 Å². The Bertz CT molecular complexity index is 267. The largest absolute Gasteiger partial charge is 0.503 e. The quantitative estimate of drug-likeness (QED) is 0.351. The molecule has 0 aliphatic heterocycles. The van der Waals surface area contributed by atoms with E-state index < -0.39 is 6.16 Å². The molecule has 0 aliphatic carbocycles. The highest BCUT2D eigenvalue weighted by atomic mass is 16.6. The lowest BCUT2D eigenvalue weighted by atomic mass is 10.2. The lowest BCUT2D eigenvalue weighted by molar-refractivity contribution is 0.137. The van der Waals surface area contributed by atoms with Crippen LogP contribution < -0.4 is 0 Å². The molecule has 1 rings (SSSR count). The molecule has 5 heteroatoms. The first-order valence-corrected chi connectivity index (χ1v) is 3.31. The molecule has 0 heterocycles. The maximum absolute atomic E-state index is 8.56. The van der Waals surface area contributed by atoms with Gasteiger partial charge in [-0.3, -0.25) is 0 Å². The average Bonchev–Trinajstić information content (AvgIpc) is 2.06. The fourth-order valence-electron chi connectivity index (χ4n) is 0.606. The Labute approximate surface area is 74.6 Å². The zero-order valence-electron chi connectivity index (χ0n) is 6.66. The van der Waals surface area contributed by atoms with E-state index >= 15 is 0 Å². The van der Waals surface area contributed by atoms with E-state index in [9.17, 15) is 0 Å². The van der Waals surface area contributed by atoms with E-state index in [1.807, 2.05) is 30.3 Å². The average molecular weight is 183 g/mol. The summed E-state index contributed by atoms with van der Waals surface area (Å²) in [6, 6.07) is 9.40. The molecule has 0 saturated heterocycles. The molecule has 0 atom stereocenters. The molecule has 0 aliphatic rings. The molecule has 0 fully saturated rings. The molecule has 0 amide bonds. The van der Waals surface area contributed by atoms with Gasteiger partial charge in [0.1, 0.15) is 0 Å². The topological polar surface area (TPSA) is 90.1 Å². The van der Waals surface area contributed by atoms with Crippen LogP contribution in [0.3, 0.4) is 0 Å². The van der Waals surface area contributed by atoms with Crippen molar-refractivity contribution in [2.75, 3.05) is 0 Å². The fourth-order valence-corrected chi connectivity index (χ4v) is 0.606. The van der Waals surface area contributed by atoms with Crippen LogP contribution in [0.5, 0.6) is 0 Å². The minimum atomic E-state index is -1.83. The van der Waals surface area contributed by atoms with E-state index in [4.69, 9.17) is 20.2 Å². The molecule has 0 radical (unpaired) electrons. The number of benzene rings is 1. The second-order valence-corrected chi connectivity index (χ2v) is 1.94. The molecular formula is C8H9NO4. The lowest BCUT2D eigenvalue weighted by Crippen LogP contribution is -1.81. The van der Waals surface area contributed by atoms with E-state index in [2.05, 4.69) is 5.16 Å². The standard InChI is InChI=1S/C7H7NO.CH2O3/c9-8-6-7-4-2-1-3-5-7;2-1(3)4/h1-6,9H;(H2,2,3,4)/b8-6-;. The smallest absolute Gasteiger partial charge is 0.450 e. The number of nitrogens with zero attached hydrogens (tertiary/aromatic N) is 1. The predicted octanol–water partition coefficient (Wildman–Crippen LogP) is 1.72. The molecule has 13 heavy (non-hydrogen) atoms. The maximum atomic E-state index is 8.56. The van der Waals surface area contributed by atoms with Gasteiger partial charge < -0.3 is 15.4 Å². The van der Waals surface area contributed by atoms with Gasteiger partial charge in [0, 0.05) is 0 Å². The van der Waals surface area contributed by atoms with Crippen molar-refractivity contribution in [1.82, 2.24) is 0 Å². The van der Waals surface area contributed by atoms with Crippen molar-refractivity contribution in [2.45, 2.75) is 0 Å². The number of hydrogen-bond acceptors (Lipinski definition) is 3. The first-order chi connectivity index (χ1) is 6.16. The van der Waals surface area contributed by atoms with Gasteiger partial charge in [0.2, 0.25) is 0 Å². The van der Waals surface area contributed by atoms with Crippen molar-refractivity contribution < 1.29 is 20.2 Å². The van der Waals surface area contributed by atoms with Gasteiger partial charge in [0.15, 0.2) is 0 Å². The summed E-state index contributed by atoms with van der Waals surface area (Å²) in [5.74, 6) is 0. The molecule has 70 valence electrons. The van der Waals surface area contributed by atoms with E-state index in [-0.39, 0.29) is 0 Å². The first kappa shape index (κ1) is 11.0. The Hall–Kier alpha value is -2.04. The summed E-state index contributed by atoms with van der Waals surface area (Å²) in [5, 5.41) is 24.9. The van der Waals surface area contributed by atoms with Crippen LogP contribution in [-0.2, 0) is 0 Å². The summed E-state index contributed by atoms with van der Waals surface area (Å²) in [5.41, 5.74) is 0.903. The third-order valence-corrected chi connectivity index (χ3v) is 1.01. The van der Waals surface area contributed by atoms with E-state index in [1.54, 1.807) is 0 Å². The minimum absolute atomic E-state index is 0.903. The van der Waals surface area contributed by atoms with E-state index in [0.717, 1.165) is 5.56 Å². The van der Waals surface area contributed by atoms with Crippen LogP contribution in [0.1, 0.15) is 5.56 Å². The number of oxime groups is 1. The van der Waals surface area contributed by atoms with Crippen molar-refractivity contribution in [1.29, 1.82) is 0 Å². The van der Waals surface area contributed by atoms with Crippen molar-refractivity contribution >= 4 is 12.4 Å². The maximum Gasteiger partial charge on any atom is 0.503 e. The highest BCUT2D eigenvalue weighted by Gasteiger charge is 1.79. The summed E-state index contributed by atoms with van der Waals surface area (Å²) in [4.78, 5) is 8.56. The molecule has 0 aromatic heterocycles. The van der Waals surface area contributed by atoms with Crippen LogP contribution in [-0.4, -0.2) is 27.8 Å². The fraction of sp³-hybridized carbons (Fsp3) is 0. The first-order valence-electron chi connectivity index (χ1n) is 3.31. The van der Waals surface area contributed by atoms with Gasteiger partial charge in [-0.1, -0.05) is 35.5 Å². The molecular weight excluding hydrogens is 174 g/mol. The van der Waals surface area contributed by atoms with Crippen LogP contribution >= 0.6 is 0 Å². The molecule has 1 aromatic rings. The van der Waals surface area contributed by atoms with Crippen LogP contribution in [0.15, 0.2) is 35.5 Å².